The van der Waals surface area contributed by atoms with Crippen LogP contribution in [0.5, 0.6) is 5.75 Å². The largest absolute Gasteiger partial charge is 0.494 e. The first-order chi connectivity index (χ1) is 14.8. The highest BCUT2D eigenvalue weighted by molar-refractivity contribution is 7.89. The first-order valence-electron chi connectivity index (χ1n) is 10.9. The molecule has 0 atom stereocenters. The Kier molecular flexibility index (Phi) is 7.73. The Morgan fingerprint density at radius 3 is 2.35 bits per heavy atom. The van der Waals surface area contributed by atoms with E-state index >= 15 is 0 Å². The highest BCUT2D eigenvalue weighted by Gasteiger charge is 2.32. The van der Waals surface area contributed by atoms with E-state index in [1.807, 2.05) is 44.2 Å². The SMILES string of the molecule is CCCOc1ccc(CNC(=O)C2CCN(S(=O)(=O)c3ccc(C)c(C)c3)CC2)cc1. The summed E-state index contributed by atoms with van der Waals surface area (Å²) >= 11 is 0. The van der Waals surface area contributed by atoms with Crippen LogP contribution in [0.15, 0.2) is 47.4 Å². The van der Waals surface area contributed by atoms with Gasteiger partial charge in [0.05, 0.1) is 11.5 Å². The van der Waals surface area contributed by atoms with Crippen molar-refractivity contribution in [2.24, 2.45) is 5.92 Å². The van der Waals surface area contributed by atoms with Crippen molar-refractivity contribution in [3.63, 3.8) is 0 Å². The molecule has 1 N–H and O–H groups in total. The van der Waals surface area contributed by atoms with Crippen LogP contribution in [0.1, 0.15) is 42.9 Å². The zero-order valence-corrected chi connectivity index (χ0v) is 19.4. The third kappa shape index (κ3) is 5.86. The van der Waals surface area contributed by atoms with Crippen molar-refractivity contribution >= 4 is 15.9 Å². The maximum absolute atomic E-state index is 12.9. The minimum atomic E-state index is -3.53. The summed E-state index contributed by atoms with van der Waals surface area (Å²) in [5.74, 6) is 0.641. The normalized spacial score (nSPS) is 15.6. The summed E-state index contributed by atoms with van der Waals surface area (Å²) in [7, 11) is -3.53. The van der Waals surface area contributed by atoms with Crippen molar-refractivity contribution < 1.29 is 17.9 Å². The first-order valence-corrected chi connectivity index (χ1v) is 12.3. The lowest BCUT2D eigenvalue weighted by molar-refractivity contribution is -0.126. The van der Waals surface area contributed by atoms with Gasteiger partial charge in [0, 0.05) is 25.6 Å². The number of rotatable bonds is 8. The van der Waals surface area contributed by atoms with Gasteiger partial charge in [-0.3, -0.25) is 4.79 Å². The predicted molar refractivity (Wildman–Crippen MR) is 121 cm³/mol. The van der Waals surface area contributed by atoms with Gasteiger partial charge < -0.3 is 10.1 Å². The molecule has 1 aliphatic rings. The van der Waals surface area contributed by atoms with Gasteiger partial charge in [-0.15, -0.1) is 0 Å². The van der Waals surface area contributed by atoms with Gasteiger partial charge in [-0.1, -0.05) is 25.1 Å². The number of benzene rings is 2. The molecule has 7 heteroatoms. The topological polar surface area (TPSA) is 75.7 Å². The van der Waals surface area contributed by atoms with Crippen LogP contribution >= 0.6 is 0 Å². The number of aryl methyl sites for hydroxylation is 2. The zero-order valence-electron chi connectivity index (χ0n) is 18.6. The molecular formula is C24H32N2O4S. The van der Waals surface area contributed by atoms with Crippen LogP contribution in [-0.4, -0.2) is 38.3 Å². The Bertz CT molecular complexity index is 995. The van der Waals surface area contributed by atoms with Crippen molar-refractivity contribution in [3.05, 3.63) is 59.2 Å². The number of hydrogen-bond acceptors (Lipinski definition) is 4. The summed E-state index contributed by atoms with van der Waals surface area (Å²) in [4.78, 5) is 12.9. The molecule has 1 heterocycles. The van der Waals surface area contributed by atoms with Crippen LogP contribution in [0.25, 0.3) is 0 Å². The Labute approximate surface area is 185 Å². The second kappa shape index (κ2) is 10.3. The maximum Gasteiger partial charge on any atom is 0.243 e. The lowest BCUT2D eigenvalue weighted by atomic mass is 9.97. The Morgan fingerprint density at radius 2 is 1.74 bits per heavy atom. The van der Waals surface area contributed by atoms with Gasteiger partial charge in [0.25, 0.3) is 0 Å². The number of hydrogen-bond donors (Lipinski definition) is 1. The van der Waals surface area contributed by atoms with E-state index in [9.17, 15) is 13.2 Å². The van der Waals surface area contributed by atoms with Crippen molar-refractivity contribution in [3.8, 4) is 5.75 Å². The van der Waals surface area contributed by atoms with Gasteiger partial charge in [0.2, 0.25) is 15.9 Å². The van der Waals surface area contributed by atoms with E-state index < -0.39 is 10.0 Å². The van der Waals surface area contributed by atoms with Crippen molar-refractivity contribution in [2.45, 2.75) is 51.5 Å². The van der Waals surface area contributed by atoms with Crippen LogP contribution in [0.2, 0.25) is 0 Å². The highest BCUT2D eigenvalue weighted by atomic mass is 32.2. The highest BCUT2D eigenvalue weighted by Crippen LogP contribution is 2.25. The molecule has 0 spiro atoms. The fourth-order valence-corrected chi connectivity index (χ4v) is 5.19. The van der Waals surface area contributed by atoms with E-state index in [1.54, 1.807) is 12.1 Å². The van der Waals surface area contributed by atoms with E-state index in [4.69, 9.17) is 4.74 Å². The van der Waals surface area contributed by atoms with Crippen LogP contribution in [0.4, 0.5) is 0 Å². The van der Waals surface area contributed by atoms with Gasteiger partial charge >= 0.3 is 0 Å². The minimum absolute atomic E-state index is 0.0189. The molecule has 31 heavy (non-hydrogen) atoms. The van der Waals surface area contributed by atoms with Crippen molar-refractivity contribution in [1.82, 2.24) is 9.62 Å². The third-order valence-electron chi connectivity index (χ3n) is 5.80. The van der Waals surface area contributed by atoms with Crippen LogP contribution < -0.4 is 10.1 Å². The summed E-state index contributed by atoms with van der Waals surface area (Å²) in [6.45, 7) is 7.80. The first kappa shape index (κ1) is 23.3. The monoisotopic (exact) mass is 444 g/mol. The molecule has 0 radical (unpaired) electrons. The molecule has 0 unspecified atom stereocenters. The van der Waals surface area contributed by atoms with Gasteiger partial charge in [0.1, 0.15) is 5.75 Å². The standard InChI is InChI=1S/C24H32N2O4S/c1-4-15-30-22-8-6-20(7-9-22)17-25-24(27)21-11-13-26(14-12-21)31(28,29)23-10-5-18(2)19(3)16-23/h5-10,16,21H,4,11-15,17H2,1-3H3,(H,25,27). The molecule has 0 aromatic heterocycles. The number of nitrogens with zero attached hydrogens (tertiary/aromatic N) is 1. The number of carbonyl (C=O) groups excluding carboxylic acids is 1. The minimum Gasteiger partial charge on any atom is -0.494 e. The lowest BCUT2D eigenvalue weighted by Crippen LogP contribution is -2.42. The molecule has 6 nitrogen and oxygen atoms in total. The van der Waals surface area contributed by atoms with Gasteiger partial charge in [-0.2, -0.15) is 4.31 Å². The summed E-state index contributed by atoms with van der Waals surface area (Å²) in [6.07, 6.45) is 2.02. The zero-order chi connectivity index (χ0) is 22.4. The Balaban J connectivity index is 1.50. The number of amides is 1. The van der Waals surface area contributed by atoms with E-state index in [0.29, 0.717) is 44.0 Å². The summed E-state index contributed by atoms with van der Waals surface area (Å²) < 4.78 is 33.0. The fourth-order valence-electron chi connectivity index (χ4n) is 3.64. The van der Waals surface area contributed by atoms with Crippen LogP contribution in [0.3, 0.4) is 0 Å². The average molecular weight is 445 g/mol. The molecule has 1 aliphatic heterocycles. The molecule has 2 aromatic carbocycles. The summed E-state index contributed by atoms with van der Waals surface area (Å²) in [6, 6.07) is 12.9. The lowest BCUT2D eigenvalue weighted by Gasteiger charge is -2.30. The molecule has 0 aliphatic carbocycles. The second-order valence-corrected chi connectivity index (χ2v) is 10.1. The number of ether oxygens (including phenoxy) is 1. The molecular weight excluding hydrogens is 412 g/mol. The van der Waals surface area contributed by atoms with E-state index in [1.165, 1.54) is 4.31 Å². The predicted octanol–water partition coefficient (Wildman–Crippen LogP) is 3.81. The van der Waals surface area contributed by atoms with E-state index in [-0.39, 0.29) is 11.8 Å². The fraction of sp³-hybridized carbons (Fsp3) is 0.458. The van der Waals surface area contributed by atoms with E-state index in [2.05, 4.69) is 12.2 Å². The summed E-state index contributed by atoms with van der Waals surface area (Å²) in [5, 5.41) is 2.98. The van der Waals surface area contributed by atoms with Gasteiger partial charge in [0.15, 0.2) is 0 Å². The number of carbonyl (C=O) groups is 1. The average Bonchev–Trinajstić information content (AvgIpc) is 2.78. The number of sulfonamides is 1. The van der Waals surface area contributed by atoms with Crippen LogP contribution in [-0.2, 0) is 21.4 Å². The Morgan fingerprint density at radius 1 is 1.06 bits per heavy atom. The van der Waals surface area contributed by atoms with Crippen LogP contribution in [0, 0.1) is 19.8 Å². The molecule has 0 saturated carbocycles. The van der Waals surface area contributed by atoms with E-state index in [0.717, 1.165) is 28.9 Å². The van der Waals surface area contributed by atoms with Gasteiger partial charge in [-0.25, -0.2) is 8.42 Å². The number of piperidine rings is 1. The van der Waals surface area contributed by atoms with Crippen molar-refractivity contribution in [2.75, 3.05) is 19.7 Å². The van der Waals surface area contributed by atoms with Crippen molar-refractivity contribution in [1.29, 1.82) is 0 Å². The molecule has 2 aromatic rings. The molecule has 1 saturated heterocycles. The third-order valence-corrected chi connectivity index (χ3v) is 7.70. The summed E-state index contributed by atoms with van der Waals surface area (Å²) in [5.41, 5.74) is 3.03. The number of nitrogens with one attached hydrogen (secondary N) is 1. The molecule has 0 bridgehead atoms. The Hall–Kier alpha value is -2.38. The maximum atomic E-state index is 12.9. The molecule has 1 amide bonds. The quantitative estimate of drug-likeness (QED) is 0.672. The molecule has 3 rings (SSSR count). The smallest absolute Gasteiger partial charge is 0.243 e. The second-order valence-electron chi connectivity index (χ2n) is 8.13. The van der Waals surface area contributed by atoms with Gasteiger partial charge in [-0.05, 0) is 74.1 Å². The molecule has 1 fully saturated rings. The molecule has 168 valence electrons.